The fourth-order valence-electron chi connectivity index (χ4n) is 1.51. The van der Waals surface area contributed by atoms with Gasteiger partial charge in [0.25, 0.3) is 10.1 Å². The van der Waals surface area contributed by atoms with Crippen molar-refractivity contribution in [1.82, 2.24) is 0 Å². The van der Waals surface area contributed by atoms with E-state index in [9.17, 15) is 18.0 Å². The number of halogens is 1. The average molecular weight is 318 g/mol. The first-order valence-electron chi connectivity index (χ1n) is 4.71. The second-order valence-corrected chi connectivity index (χ2v) is 4.71. The van der Waals surface area contributed by atoms with Crippen LogP contribution in [-0.2, 0) is 14.9 Å². The van der Waals surface area contributed by atoms with Crippen molar-refractivity contribution in [1.29, 1.82) is 5.53 Å². The quantitative estimate of drug-likeness (QED) is 0.267. The van der Waals surface area contributed by atoms with Crippen molar-refractivity contribution in [3.8, 4) is 0 Å². The minimum atomic E-state index is -4.40. The number of nitrogens with one attached hydrogen (secondary N) is 1. The predicted molar refractivity (Wildman–Crippen MR) is 71.3 cm³/mol. The fourth-order valence-corrected chi connectivity index (χ4v) is 2.21. The lowest BCUT2D eigenvalue weighted by molar-refractivity contribution is -0.110. The number of carbonyl (C=O) groups excluding carboxylic acids is 2. The van der Waals surface area contributed by atoms with Crippen LogP contribution in [0.3, 0.4) is 0 Å². The van der Waals surface area contributed by atoms with Gasteiger partial charge in [0, 0.05) is 11.1 Å². The topological polar surface area (TPSA) is 149 Å². The number of hydrogen-bond donors (Lipinski definition) is 2. The van der Waals surface area contributed by atoms with Crippen LogP contribution < -0.4 is 0 Å². The van der Waals surface area contributed by atoms with Crippen molar-refractivity contribution in [2.45, 2.75) is 4.90 Å². The first-order valence-corrected chi connectivity index (χ1v) is 6.15. The summed E-state index contributed by atoms with van der Waals surface area (Å²) in [6.07, 6.45) is 2.20. The summed E-state index contributed by atoms with van der Waals surface area (Å²) in [6.45, 7) is 0. The van der Waals surface area contributed by atoms with Gasteiger partial charge in [-0.2, -0.15) is 8.42 Å². The third-order valence-electron chi connectivity index (χ3n) is 2.21. The van der Waals surface area contributed by atoms with Crippen molar-refractivity contribution < 1.29 is 22.6 Å². The Kier molecular flexibility index (Phi) is 6.08. The Bertz CT molecular complexity index is 720. The summed E-state index contributed by atoms with van der Waals surface area (Å²) in [5, 5.41) is 0. The Morgan fingerprint density at radius 3 is 2.25 bits per heavy atom. The van der Waals surface area contributed by atoms with Gasteiger partial charge < -0.3 is 0 Å². The van der Waals surface area contributed by atoms with Crippen molar-refractivity contribution in [2.75, 3.05) is 0 Å². The van der Waals surface area contributed by atoms with Crippen molar-refractivity contribution >= 4 is 40.2 Å². The van der Waals surface area contributed by atoms with Gasteiger partial charge in [0.15, 0.2) is 0 Å². The number of fused-ring (bicyclic) bond motifs is 1. The van der Waals surface area contributed by atoms with Gasteiger partial charge in [-0.1, -0.05) is 12.1 Å². The van der Waals surface area contributed by atoms with Crippen LogP contribution >= 0.6 is 12.4 Å². The molecule has 0 unspecified atom stereocenters. The molecule has 0 spiro atoms. The van der Waals surface area contributed by atoms with Gasteiger partial charge >= 0.3 is 0 Å². The highest BCUT2D eigenvalue weighted by Crippen LogP contribution is 2.24. The van der Waals surface area contributed by atoms with Crippen LogP contribution in [0.15, 0.2) is 29.2 Å². The number of ketones is 2. The molecule has 2 rings (SSSR count). The smallest absolute Gasteiger partial charge is 0.286 e. The molecule has 0 radical (unpaired) electrons. The summed E-state index contributed by atoms with van der Waals surface area (Å²) < 4.78 is 31.0. The highest BCUT2D eigenvalue weighted by atomic mass is 35.5. The van der Waals surface area contributed by atoms with E-state index in [2.05, 4.69) is 0 Å². The lowest BCUT2D eigenvalue weighted by Gasteiger charge is -2.10. The van der Waals surface area contributed by atoms with Gasteiger partial charge in [-0.25, -0.2) is 0 Å². The molecule has 1 aliphatic rings. The van der Waals surface area contributed by atoms with Gasteiger partial charge in [-0.15, -0.1) is 17.9 Å². The van der Waals surface area contributed by atoms with Crippen molar-refractivity contribution in [3.63, 3.8) is 0 Å². The Hall–Kier alpha value is -2.19. The van der Waals surface area contributed by atoms with E-state index >= 15 is 0 Å². The molecule has 0 amide bonds. The van der Waals surface area contributed by atoms with Gasteiger partial charge in [0.2, 0.25) is 11.6 Å². The number of nitrogens with zero attached hydrogens (tertiary/aromatic N) is 2. The maximum Gasteiger partial charge on any atom is 0.295 e. The SMILES string of the molecule is Cl.O=C1C=Cc2c(cccc2S(=O)(=O)O)C1=O.[N-]=[N+]=N. The predicted octanol–water partition coefficient (Wildman–Crippen LogP) is 2.01. The number of allylic oxidation sites excluding steroid dienone is 1. The number of rotatable bonds is 1. The number of hydrogen-bond acceptors (Lipinski definition) is 5. The van der Waals surface area contributed by atoms with Crippen LogP contribution in [0.1, 0.15) is 15.9 Å². The summed E-state index contributed by atoms with van der Waals surface area (Å²) in [7, 11) is -4.40. The first kappa shape index (κ1) is 17.8. The molecular formula is C10H8ClN3O5S. The van der Waals surface area contributed by atoms with Crippen LogP contribution in [0, 0.1) is 5.53 Å². The van der Waals surface area contributed by atoms with Gasteiger partial charge in [-0.05, 0) is 28.7 Å². The van der Waals surface area contributed by atoms with Gasteiger partial charge in [0.05, 0.1) is 0 Å². The average Bonchev–Trinajstić information content (AvgIpc) is 2.33. The molecule has 20 heavy (non-hydrogen) atoms. The maximum absolute atomic E-state index is 11.4. The molecule has 0 bridgehead atoms. The molecule has 1 aliphatic carbocycles. The van der Waals surface area contributed by atoms with E-state index in [0.717, 1.165) is 6.08 Å². The lowest BCUT2D eigenvalue weighted by Crippen LogP contribution is -2.18. The minimum Gasteiger partial charge on any atom is -0.286 e. The number of Topliss-reactive ketones (excluding diaryl/α,β-unsaturated/α-hetero) is 1. The standard InChI is InChI=1S/C10H6O5S.ClH.HN3/c11-8-5-4-6-7(10(8)12)2-1-3-9(6)16(13,14)15;;1-3-2/h1-5H,(H,13,14,15);1H;1H. The zero-order valence-electron chi connectivity index (χ0n) is 9.68. The highest BCUT2D eigenvalue weighted by Gasteiger charge is 2.25. The number of benzene rings is 1. The summed E-state index contributed by atoms with van der Waals surface area (Å²) in [5.41, 5.74) is 12.3. The third-order valence-corrected chi connectivity index (χ3v) is 3.13. The molecule has 0 aliphatic heterocycles. The van der Waals surface area contributed by atoms with E-state index in [0.29, 0.717) is 0 Å². The van der Waals surface area contributed by atoms with Crippen LogP contribution in [-0.4, -0.2) is 24.5 Å². The molecule has 2 N–H and O–H groups in total. The molecule has 0 saturated carbocycles. The molecule has 0 saturated heterocycles. The van der Waals surface area contributed by atoms with Crippen LogP contribution in [0.25, 0.3) is 16.5 Å². The molecule has 8 nitrogen and oxygen atoms in total. The monoisotopic (exact) mass is 317 g/mol. The van der Waals surface area contributed by atoms with E-state index in [1.54, 1.807) is 4.91 Å². The Balaban J connectivity index is 0.000000830. The molecule has 106 valence electrons. The minimum absolute atomic E-state index is 0. The van der Waals surface area contributed by atoms with E-state index in [1.807, 2.05) is 0 Å². The van der Waals surface area contributed by atoms with E-state index < -0.39 is 21.7 Å². The molecule has 1 aromatic rings. The molecule has 0 aromatic heterocycles. The maximum atomic E-state index is 11.4. The Morgan fingerprint density at radius 2 is 1.75 bits per heavy atom. The summed E-state index contributed by atoms with van der Waals surface area (Å²) >= 11 is 0. The Morgan fingerprint density at radius 1 is 1.20 bits per heavy atom. The molecular weight excluding hydrogens is 310 g/mol. The highest BCUT2D eigenvalue weighted by molar-refractivity contribution is 7.86. The molecule has 1 aromatic carbocycles. The normalized spacial score (nSPS) is 12.4. The third kappa shape index (κ3) is 3.65. The summed E-state index contributed by atoms with van der Waals surface area (Å²) in [4.78, 5) is 23.9. The summed E-state index contributed by atoms with van der Waals surface area (Å²) in [6, 6.07) is 3.81. The molecule has 0 heterocycles. The molecule has 10 heteroatoms. The fraction of sp³-hybridized carbons (Fsp3) is 0. The van der Waals surface area contributed by atoms with Crippen LogP contribution in [0.4, 0.5) is 0 Å². The number of carbonyl (C=O) groups is 2. The zero-order valence-corrected chi connectivity index (χ0v) is 11.3. The summed E-state index contributed by atoms with van der Waals surface area (Å²) in [5.74, 6) is -1.48. The van der Waals surface area contributed by atoms with E-state index in [4.69, 9.17) is 15.6 Å². The second kappa shape index (κ2) is 6.83. The van der Waals surface area contributed by atoms with Crippen LogP contribution in [0.5, 0.6) is 0 Å². The van der Waals surface area contributed by atoms with Crippen LogP contribution in [0.2, 0.25) is 0 Å². The van der Waals surface area contributed by atoms with E-state index in [-0.39, 0.29) is 28.4 Å². The van der Waals surface area contributed by atoms with Gasteiger partial charge in [0.1, 0.15) is 4.90 Å². The van der Waals surface area contributed by atoms with Gasteiger partial charge in [-0.3, -0.25) is 14.1 Å². The second-order valence-electron chi connectivity index (χ2n) is 3.32. The largest absolute Gasteiger partial charge is 0.295 e. The lowest BCUT2D eigenvalue weighted by atomic mass is 9.95. The van der Waals surface area contributed by atoms with Crippen molar-refractivity contribution in [2.24, 2.45) is 0 Å². The Labute approximate surface area is 119 Å². The zero-order chi connectivity index (χ0) is 14.6. The first-order chi connectivity index (χ1) is 8.82. The molecule has 0 atom stereocenters. The van der Waals surface area contributed by atoms with E-state index in [1.165, 1.54) is 24.3 Å². The molecule has 0 fully saturated rings. The van der Waals surface area contributed by atoms with Crippen molar-refractivity contribution in [3.05, 3.63) is 45.8 Å².